The first-order valence-corrected chi connectivity index (χ1v) is 13.3. The summed E-state index contributed by atoms with van der Waals surface area (Å²) in [6, 6.07) is 28.2. The van der Waals surface area contributed by atoms with Crippen LogP contribution in [0, 0.1) is 11.6 Å². The molecule has 204 valence electrons. The zero-order valence-electron chi connectivity index (χ0n) is 22.5. The topological polar surface area (TPSA) is 54.0 Å². The fourth-order valence-electron chi connectivity index (χ4n) is 5.21. The van der Waals surface area contributed by atoms with Gasteiger partial charge >= 0.3 is 0 Å². The van der Waals surface area contributed by atoms with Crippen LogP contribution >= 0.6 is 0 Å². The molecule has 0 radical (unpaired) electrons. The molecule has 0 amide bonds. The minimum absolute atomic E-state index is 0.149. The summed E-state index contributed by atoms with van der Waals surface area (Å²) in [7, 11) is 1.46. The third-order valence-electron chi connectivity index (χ3n) is 7.22. The molecule has 6 aromatic rings. The molecule has 0 saturated heterocycles. The number of ether oxygens (including phenoxy) is 1. The Kier molecular flexibility index (Phi) is 7.52. The molecule has 0 aliphatic carbocycles. The summed E-state index contributed by atoms with van der Waals surface area (Å²) in [5.74, 6) is -1.34. The Hall–Kier alpha value is -4.88. The second kappa shape index (κ2) is 11.7. The van der Waals surface area contributed by atoms with E-state index in [1.807, 2.05) is 83.8 Å². The van der Waals surface area contributed by atoms with Gasteiger partial charge in [-0.1, -0.05) is 66.7 Å². The van der Waals surface area contributed by atoms with Gasteiger partial charge in [0.2, 0.25) is 0 Å². The number of rotatable bonds is 9. The van der Waals surface area contributed by atoms with Gasteiger partial charge in [-0.2, -0.15) is 0 Å². The molecule has 0 aliphatic heterocycles. The van der Waals surface area contributed by atoms with Crippen molar-refractivity contribution in [3.63, 3.8) is 0 Å². The second-order valence-corrected chi connectivity index (χ2v) is 9.84. The highest BCUT2D eigenvalue weighted by atomic mass is 19.1. The van der Waals surface area contributed by atoms with E-state index in [-0.39, 0.29) is 5.56 Å². The summed E-state index contributed by atoms with van der Waals surface area (Å²) in [6.07, 6.45) is 5.89. The number of pyridine rings is 2. The third-order valence-corrected chi connectivity index (χ3v) is 7.22. The van der Waals surface area contributed by atoms with Gasteiger partial charge in [-0.3, -0.25) is 4.98 Å². The van der Waals surface area contributed by atoms with Crippen LogP contribution in [0.4, 0.5) is 14.5 Å². The van der Waals surface area contributed by atoms with E-state index in [1.54, 1.807) is 24.8 Å². The maximum absolute atomic E-state index is 16.6. The van der Waals surface area contributed by atoms with Gasteiger partial charge in [-0.15, -0.1) is 0 Å². The van der Waals surface area contributed by atoms with Crippen LogP contribution in [-0.4, -0.2) is 22.1 Å². The van der Waals surface area contributed by atoms with Crippen molar-refractivity contribution in [2.24, 2.45) is 0 Å². The Morgan fingerprint density at radius 3 is 2.17 bits per heavy atom. The fraction of sp³-hybridized carbons (Fsp3) is 0.118. The molecular weight excluding hydrogens is 518 g/mol. The molecule has 41 heavy (non-hydrogen) atoms. The van der Waals surface area contributed by atoms with Crippen LogP contribution in [0.1, 0.15) is 28.4 Å². The lowest BCUT2D eigenvalue weighted by atomic mass is 9.98. The van der Waals surface area contributed by atoms with Crippen molar-refractivity contribution in [1.29, 1.82) is 0 Å². The van der Waals surface area contributed by atoms with Crippen LogP contribution in [0.15, 0.2) is 116 Å². The number of aromatic amines is 1. The number of nitrogens with zero attached hydrogens (tertiary/aromatic N) is 3. The van der Waals surface area contributed by atoms with Gasteiger partial charge < -0.3 is 14.6 Å². The summed E-state index contributed by atoms with van der Waals surface area (Å²) in [4.78, 5) is 13.8. The van der Waals surface area contributed by atoms with E-state index in [0.717, 1.165) is 22.3 Å². The largest absolute Gasteiger partial charge is 0.372 e. The average molecular weight is 547 g/mol. The highest BCUT2D eigenvalue weighted by Gasteiger charge is 2.28. The quantitative estimate of drug-likeness (QED) is 0.201. The summed E-state index contributed by atoms with van der Waals surface area (Å²) in [6.45, 7) is 0.891. The number of hydrogen-bond acceptors (Lipinski definition) is 4. The Labute approximate surface area is 237 Å². The van der Waals surface area contributed by atoms with Gasteiger partial charge in [0.15, 0.2) is 5.82 Å². The monoisotopic (exact) mass is 546 g/mol. The highest BCUT2D eigenvalue weighted by molar-refractivity contribution is 5.85. The minimum Gasteiger partial charge on any atom is -0.372 e. The van der Waals surface area contributed by atoms with Crippen molar-refractivity contribution in [3.05, 3.63) is 150 Å². The number of aromatic nitrogens is 3. The molecule has 7 heteroatoms. The van der Waals surface area contributed by atoms with E-state index in [4.69, 9.17) is 4.74 Å². The van der Waals surface area contributed by atoms with Gasteiger partial charge in [0.1, 0.15) is 17.6 Å². The molecule has 3 aromatic heterocycles. The van der Waals surface area contributed by atoms with Crippen LogP contribution in [0.5, 0.6) is 0 Å². The third kappa shape index (κ3) is 5.44. The molecule has 3 aromatic carbocycles. The van der Waals surface area contributed by atoms with Crippen molar-refractivity contribution in [2.45, 2.75) is 19.2 Å². The lowest BCUT2D eigenvalue weighted by molar-refractivity contribution is 0.130. The van der Waals surface area contributed by atoms with E-state index in [2.05, 4.69) is 15.0 Å². The van der Waals surface area contributed by atoms with Crippen LogP contribution in [-0.2, 0) is 17.8 Å². The van der Waals surface area contributed by atoms with Crippen molar-refractivity contribution in [1.82, 2.24) is 15.0 Å². The Morgan fingerprint density at radius 1 is 0.829 bits per heavy atom. The van der Waals surface area contributed by atoms with Crippen molar-refractivity contribution >= 4 is 16.7 Å². The zero-order valence-corrected chi connectivity index (χ0v) is 22.5. The second-order valence-electron chi connectivity index (χ2n) is 9.84. The maximum atomic E-state index is 16.6. The van der Waals surface area contributed by atoms with Gasteiger partial charge in [-0.25, -0.2) is 13.8 Å². The first kappa shape index (κ1) is 26.3. The van der Waals surface area contributed by atoms with Crippen molar-refractivity contribution in [2.75, 3.05) is 12.0 Å². The molecule has 0 bridgehead atoms. The van der Waals surface area contributed by atoms with Crippen LogP contribution in [0.2, 0.25) is 0 Å². The maximum Gasteiger partial charge on any atom is 0.155 e. The fourth-order valence-corrected chi connectivity index (χ4v) is 5.21. The summed E-state index contributed by atoms with van der Waals surface area (Å²) in [5, 5.41) is 0.716. The first-order chi connectivity index (χ1) is 20.1. The predicted octanol–water partition coefficient (Wildman–Crippen LogP) is 7.85. The highest BCUT2D eigenvalue weighted by Crippen LogP contribution is 2.38. The molecule has 6 rings (SSSR count). The smallest absolute Gasteiger partial charge is 0.155 e. The molecule has 3 heterocycles. The van der Waals surface area contributed by atoms with E-state index < -0.39 is 17.7 Å². The van der Waals surface area contributed by atoms with Gasteiger partial charge in [0.25, 0.3) is 0 Å². The van der Waals surface area contributed by atoms with Gasteiger partial charge in [-0.05, 0) is 35.4 Å². The lowest BCUT2D eigenvalue weighted by Gasteiger charge is -2.28. The number of hydrogen-bond donors (Lipinski definition) is 1. The molecule has 1 atom stereocenters. The predicted molar refractivity (Wildman–Crippen MR) is 157 cm³/mol. The average Bonchev–Trinajstić information content (AvgIpc) is 3.43. The Bertz CT molecular complexity index is 1720. The normalized spacial score (nSPS) is 12.0. The molecule has 0 fully saturated rings. The van der Waals surface area contributed by atoms with E-state index in [1.165, 1.54) is 19.2 Å². The van der Waals surface area contributed by atoms with Gasteiger partial charge in [0, 0.05) is 67.1 Å². The summed E-state index contributed by atoms with van der Waals surface area (Å²) < 4.78 is 37.9. The lowest BCUT2D eigenvalue weighted by Crippen LogP contribution is -2.24. The number of nitrogens with one attached hydrogen (secondary N) is 1. The van der Waals surface area contributed by atoms with Gasteiger partial charge in [0.05, 0.1) is 11.3 Å². The Balaban J connectivity index is 1.44. The summed E-state index contributed by atoms with van der Waals surface area (Å²) >= 11 is 0. The Morgan fingerprint density at radius 2 is 1.54 bits per heavy atom. The van der Waals surface area contributed by atoms with Crippen LogP contribution in [0.25, 0.3) is 22.2 Å². The van der Waals surface area contributed by atoms with Crippen LogP contribution in [0.3, 0.4) is 0 Å². The van der Waals surface area contributed by atoms with Crippen molar-refractivity contribution < 1.29 is 13.5 Å². The standard InChI is InChI=1S/C34H28F2N4O/c1-41-33(28-20-39-34-27(28)17-26(19-38-34)25-13-8-16-37-18-25)31-29(35)14-15-30(32(31)36)40(21-23-9-4-2-5-10-23)22-24-11-6-3-7-12-24/h2-20,33H,21-22H2,1H3,(H,38,39). The van der Waals surface area contributed by atoms with E-state index >= 15 is 8.78 Å². The molecule has 0 spiro atoms. The number of fused-ring (bicyclic) bond motifs is 1. The number of benzene rings is 3. The molecule has 5 nitrogen and oxygen atoms in total. The number of methoxy groups -OCH3 is 1. The molecule has 0 aliphatic rings. The first-order valence-electron chi connectivity index (χ1n) is 13.3. The SMILES string of the molecule is COC(c1c(F)ccc(N(Cc2ccccc2)Cc2ccccc2)c1F)c1c[nH]c2ncc(-c3cccnc3)cc12. The van der Waals surface area contributed by atoms with E-state index in [9.17, 15) is 0 Å². The molecular formula is C34H28F2N4O. The zero-order chi connectivity index (χ0) is 28.2. The van der Waals surface area contributed by atoms with Crippen molar-refractivity contribution in [3.8, 4) is 11.1 Å². The number of H-pyrrole nitrogens is 1. The number of halogens is 2. The van der Waals surface area contributed by atoms with E-state index in [0.29, 0.717) is 35.4 Å². The minimum atomic E-state index is -1.01. The van der Waals surface area contributed by atoms with Crippen LogP contribution < -0.4 is 4.90 Å². The number of anilines is 1. The molecule has 1 N–H and O–H groups in total. The molecule has 1 unspecified atom stereocenters. The summed E-state index contributed by atoms with van der Waals surface area (Å²) in [5.41, 5.74) is 5.10. The molecule has 0 saturated carbocycles.